The Kier molecular flexibility index (Phi) is 10.7. The van der Waals surface area contributed by atoms with Crippen molar-refractivity contribution in [1.29, 1.82) is 0 Å². The summed E-state index contributed by atoms with van der Waals surface area (Å²) in [5, 5.41) is 0. The van der Waals surface area contributed by atoms with E-state index in [4.69, 9.17) is 19.4 Å². The number of pyridine rings is 2. The molecular weight excluding hydrogens is 420 g/mol. The molecule has 2 aromatic heterocycles. The van der Waals surface area contributed by atoms with Crippen LogP contribution in [0.25, 0.3) is 0 Å². The van der Waals surface area contributed by atoms with E-state index < -0.39 is 0 Å². The molecule has 184 valence electrons. The summed E-state index contributed by atoms with van der Waals surface area (Å²) in [5.41, 5.74) is 5.02. The molecule has 2 heterocycles. The number of ether oxygens (including phenoxy) is 2. The lowest BCUT2D eigenvalue weighted by molar-refractivity contribution is 0.402. The maximum Gasteiger partial charge on any atom is 0.125 e. The predicted molar refractivity (Wildman–Crippen MR) is 141 cm³/mol. The van der Waals surface area contributed by atoms with Crippen LogP contribution in [0.1, 0.15) is 98.6 Å². The lowest BCUT2D eigenvalue weighted by atomic mass is 9.86. The van der Waals surface area contributed by atoms with E-state index in [0.29, 0.717) is 11.8 Å². The Labute approximate surface area is 206 Å². The third kappa shape index (κ3) is 6.71. The fourth-order valence-electron chi connectivity index (χ4n) is 5.44. The molecule has 0 radical (unpaired) electrons. The minimum absolute atomic E-state index is 0.399. The molecule has 0 bridgehead atoms. The summed E-state index contributed by atoms with van der Waals surface area (Å²) in [6.45, 7) is 8.06. The number of fused-ring (bicyclic) bond motifs is 2. The van der Waals surface area contributed by atoms with E-state index in [1.807, 2.05) is 36.7 Å². The number of nitrogens with zero attached hydrogens (tertiary/aromatic N) is 2. The Morgan fingerprint density at radius 1 is 0.735 bits per heavy atom. The van der Waals surface area contributed by atoms with Crippen molar-refractivity contribution in [1.82, 2.24) is 9.97 Å². The van der Waals surface area contributed by atoms with Gasteiger partial charge in [0, 0.05) is 35.4 Å². The van der Waals surface area contributed by atoms with Crippen molar-refractivity contribution in [2.75, 3.05) is 14.2 Å². The first kappa shape index (κ1) is 26.0. The van der Waals surface area contributed by atoms with Crippen LogP contribution in [0.2, 0.25) is 0 Å². The topological polar surface area (TPSA) is 44.2 Å². The normalized spacial score (nSPS) is 19.9. The van der Waals surface area contributed by atoms with Gasteiger partial charge in [0.05, 0.1) is 25.6 Å². The van der Waals surface area contributed by atoms with Crippen molar-refractivity contribution < 1.29 is 9.47 Å². The van der Waals surface area contributed by atoms with Crippen LogP contribution >= 0.6 is 0 Å². The van der Waals surface area contributed by atoms with Gasteiger partial charge in [-0.1, -0.05) is 37.8 Å². The van der Waals surface area contributed by atoms with Crippen molar-refractivity contribution >= 4 is 0 Å². The van der Waals surface area contributed by atoms with Gasteiger partial charge in [-0.15, -0.1) is 13.2 Å². The Balaban J connectivity index is 1.87. The summed E-state index contributed by atoms with van der Waals surface area (Å²) in [6, 6.07) is 4.02. The molecule has 1 aliphatic carbocycles. The zero-order valence-electron chi connectivity index (χ0n) is 21.2. The van der Waals surface area contributed by atoms with Crippen molar-refractivity contribution in [3.63, 3.8) is 0 Å². The Bertz CT molecular complexity index is 849. The van der Waals surface area contributed by atoms with E-state index in [1.54, 1.807) is 14.2 Å². The predicted octanol–water partition coefficient (Wildman–Crippen LogP) is 7.73. The van der Waals surface area contributed by atoms with Crippen molar-refractivity contribution in [3.05, 3.63) is 72.4 Å². The second kappa shape index (κ2) is 13.9. The zero-order chi connectivity index (χ0) is 24.2. The summed E-state index contributed by atoms with van der Waals surface area (Å²) >= 11 is 0. The van der Waals surface area contributed by atoms with Crippen LogP contribution in [0.4, 0.5) is 0 Å². The molecule has 0 fully saturated rings. The van der Waals surface area contributed by atoms with Gasteiger partial charge in [-0.2, -0.15) is 0 Å². The number of aromatic nitrogens is 2. The molecule has 0 saturated carbocycles. The molecule has 0 aliphatic heterocycles. The molecule has 0 amide bonds. The molecular formula is C30H42N2O2. The van der Waals surface area contributed by atoms with Crippen LogP contribution < -0.4 is 9.47 Å². The van der Waals surface area contributed by atoms with E-state index in [0.717, 1.165) is 62.9 Å². The zero-order valence-corrected chi connectivity index (χ0v) is 21.2. The van der Waals surface area contributed by atoms with Gasteiger partial charge in [0.2, 0.25) is 0 Å². The van der Waals surface area contributed by atoms with Crippen LogP contribution in [-0.2, 0) is 12.8 Å². The van der Waals surface area contributed by atoms with E-state index in [1.165, 1.54) is 48.2 Å². The second-order valence-electron chi connectivity index (χ2n) is 9.40. The standard InChI is InChI=1S/C30H42N2O2/c1-5-13-23-15-9-7-11-18-26-28(34-4)20-22-32-30(26)24(14-6-2)16-10-8-12-17-25-27(33-3)19-21-31-29(23)25/h5-6,19-24H,1-2,7-18H2,3-4H3/t23-,24+. The molecule has 0 spiro atoms. The molecule has 4 heteroatoms. The fourth-order valence-corrected chi connectivity index (χ4v) is 5.44. The molecule has 0 unspecified atom stereocenters. The molecule has 0 aromatic carbocycles. The Morgan fingerprint density at radius 3 is 1.56 bits per heavy atom. The molecule has 0 saturated heterocycles. The van der Waals surface area contributed by atoms with E-state index in [9.17, 15) is 0 Å². The maximum absolute atomic E-state index is 5.76. The van der Waals surface area contributed by atoms with Gasteiger partial charge in [0.1, 0.15) is 11.5 Å². The number of methoxy groups -OCH3 is 2. The Hall–Kier alpha value is -2.62. The highest BCUT2D eigenvalue weighted by Crippen LogP contribution is 2.36. The number of allylic oxidation sites excluding steroid dienone is 2. The minimum atomic E-state index is 0.399. The number of hydrogen-bond donors (Lipinski definition) is 0. The van der Waals surface area contributed by atoms with Crippen molar-refractivity contribution in [3.8, 4) is 11.5 Å². The highest BCUT2D eigenvalue weighted by atomic mass is 16.5. The lowest BCUT2D eigenvalue weighted by Gasteiger charge is -2.22. The summed E-state index contributed by atoms with van der Waals surface area (Å²) in [6.07, 6.45) is 21.0. The van der Waals surface area contributed by atoms with E-state index >= 15 is 0 Å². The molecule has 2 aromatic rings. The van der Waals surface area contributed by atoms with Crippen LogP contribution in [0.3, 0.4) is 0 Å². The minimum Gasteiger partial charge on any atom is -0.496 e. The number of rotatable bonds is 6. The monoisotopic (exact) mass is 462 g/mol. The van der Waals surface area contributed by atoms with Crippen LogP contribution in [-0.4, -0.2) is 24.2 Å². The van der Waals surface area contributed by atoms with Gasteiger partial charge in [-0.25, -0.2) is 0 Å². The molecule has 4 nitrogen and oxygen atoms in total. The van der Waals surface area contributed by atoms with Gasteiger partial charge < -0.3 is 9.47 Å². The summed E-state index contributed by atoms with van der Waals surface area (Å²) in [4.78, 5) is 9.71. The summed E-state index contributed by atoms with van der Waals surface area (Å²) in [5.74, 6) is 2.76. The first-order valence-corrected chi connectivity index (χ1v) is 13.0. The third-order valence-corrected chi connectivity index (χ3v) is 7.17. The quantitative estimate of drug-likeness (QED) is 0.412. The summed E-state index contributed by atoms with van der Waals surface area (Å²) < 4.78 is 11.5. The van der Waals surface area contributed by atoms with Crippen LogP contribution in [0.5, 0.6) is 11.5 Å². The highest BCUT2D eigenvalue weighted by Gasteiger charge is 2.21. The Morgan fingerprint density at radius 2 is 1.18 bits per heavy atom. The van der Waals surface area contributed by atoms with E-state index in [2.05, 4.69) is 13.2 Å². The number of hydrogen-bond acceptors (Lipinski definition) is 4. The second-order valence-corrected chi connectivity index (χ2v) is 9.40. The maximum atomic E-state index is 5.76. The molecule has 1 aliphatic rings. The van der Waals surface area contributed by atoms with Crippen molar-refractivity contribution in [2.24, 2.45) is 0 Å². The average Bonchev–Trinajstić information content (AvgIpc) is 2.86. The van der Waals surface area contributed by atoms with Crippen molar-refractivity contribution in [2.45, 2.75) is 88.9 Å². The van der Waals surface area contributed by atoms with Crippen LogP contribution in [0.15, 0.2) is 49.8 Å². The third-order valence-electron chi connectivity index (χ3n) is 7.17. The molecule has 0 N–H and O–H groups in total. The van der Waals surface area contributed by atoms with E-state index in [-0.39, 0.29) is 0 Å². The highest BCUT2D eigenvalue weighted by molar-refractivity contribution is 5.39. The SMILES string of the molecule is C=CC[C@@H]1CCCCCc2c(OC)ccnc2[C@@H](CC=C)CCCCCc2c(OC)ccnc21. The average molecular weight is 463 g/mol. The van der Waals surface area contributed by atoms with Gasteiger partial charge in [0.25, 0.3) is 0 Å². The lowest BCUT2D eigenvalue weighted by Crippen LogP contribution is -2.09. The fraction of sp³-hybridized carbons (Fsp3) is 0.533. The molecule has 3 rings (SSSR count). The first-order valence-electron chi connectivity index (χ1n) is 13.0. The van der Waals surface area contributed by atoms with Gasteiger partial charge in [0.15, 0.2) is 0 Å². The van der Waals surface area contributed by atoms with Crippen LogP contribution in [0, 0.1) is 0 Å². The molecule has 2 atom stereocenters. The van der Waals surface area contributed by atoms with Gasteiger partial charge in [-0.3, -0.25) is 9.97 Å². The smallest absolute Gasteiger partial charge is 0.125 e. The largest absolute Gasteiger partial charge is 0.496 e. The van der Waals surface area contributed by atoms with Gasteiger partial charge >= 0.3 is 0 Å². The van der Waals surface area contributed by atoms with Gasteiger partial charge in [-0.05, 0) is 63.5 Å². The first-order chi connectivity index (χ1) is 16.7. The summed E-state index contributed by atoms with van der Waals surface area (Å²) in [7, 11) is 3.55. The molecule has 34 heavy (non-hydrogen) atoms.